The van der Waals surface area contributed by atoms with E-state index in [0.29, 0.717) is 31.8 Å². The summed E-state index contributed by atoms with van der Waals surface area (Å²) in [7, 11) is -3.03. The van der Waals surface area contributed by atoms with Gasteiger partial charge in [0.25, 0.3) is 0 Å². The fourth-order valence-corrected chi connectivity index (χ4v) is 3.99. The third-order valence-corrected chi connectivity index (χ3v) is 5.72. The zero-order valence-corrected chi connectivity index (χ0v) is 12.7. The number of aliphatic carboxylic acids is 1. The Morgan fingerprint density at radius 2 is 2.00 bits per heavy atom. The number of hydrogen-bond donors (Lipinski definition) is 1. The Morgan fingerprint density at radius 1 is 1.32 bits per heavy atom. The molecule has 1 aliphatic heterocycles. The van der Waals surface area contributed by atoms with Crippen molar-refractivity contribution in [1.82, 2.24) is 4.90 Å². The van der Waals surface area contributed by atoms with Crippen molar-refractivity contribution in [2.45, 2.75) is 45.6 Å². The van der Waals surface area contributed by atoms with Crippen molar-refractivity contribution < 1.29 is 18.3 Å². The van der Waals surface area contributed by atoms with Crippen LogP contribution in [-0.2, 0) is 14.6 Å². The molecule has 0 aromatic heterocycles. The van der Waals surface area contributed by atoms with Gasteiger partial charge >= 0.3 is 5.97 Å². The summed E-state index contributed by atoms with van der Waals surface area (Å²) in [4.78, 5) is 13.1. The molecule has 1 rings (SSSR count). The van der Waals surface area contributed by atoms with E-state index in [4.69, 9.17) is 0 Å². The number of carboxylic acids is 1. The first-order chi connectivity index (χ1) is 8.89. The number of hydrogen-bond acceptors (Lipinski definition) is 4. The van der Waals surface area contributed by atoms with Gasteiger partial charge in [-0.2, -0.15) is 0 Å². The minimum Gasteiger partial charge on any atom is -0.480 e. The van der Waals surface area contributed by atoms with Crippen molar-refractivity contribution in [2.24, 2.45) is 5.92 Å². The van der Waals surface area contributed by atoms with Crippen LogP contribution in [0.25, 0.3) is 0 Å². The van der Waals surface area contributed by atoms with Gasteiger partial charge in [-0.05, 0) is 31.7 Å². The minimum atomic E-state index is -3.03. The molecule has 0 saturated carbocycles. The predicted molar refractivity (Wildman–Crippen MR) is 75.0 cm³/mol. The molecule has 2 atom stereocenters. The van der Waals surface area contributed by atoms with Crippen molar-refractivity contribution in [3.8, 4) is 0 Å². The van der Waals surface area contributed by atoms with Crippen molar-refractivity contribution in [3.63, 3.8) is 0 Å². The van der Waals surface area contributed by atoms with E-state index < -0.39 is 21.8 Å². The molecule has 1 aliphatic rings. The molecule has 0 aromatic rings. The number of nitrogens with zero attached hydrogens (tertiary/aromatic N) is 1. The summed E-state index contributed by atoms with van der Waals surface area (Å²) in [5, 5.41) is 9.26. The second-order valence-electron chi connectivity index (χ2n) is 5.34. The summed E-state index contributed by atoms with van der Waals surface area (Å²) in [5.41, 5.74) is 0. The summed E-state index contributed by atoms with van der Waals surface area (Å²) < 4.78 is 23.4. The maximum Gasteiger partial charge on any atom is 0.320 e. The number of piperidine rings is 1. The zero-order valence-electron chi connectivity index (χ0n) is 11.8. The number of carbonyl (C=O) groups is 1. The largest absolute Gasteiger partial charge is 0.480 e. The molecule has 0 bridgehead atoms. The average Bonchev–Trinajstić information content (AvgIpc) is 2.36. The minimum absolute atomic E-state index is 0.0708. The standard InChI is InChI=1S/C13H25NO4S/c1-3-8-19(17,18)9-7-14-6-5-11(4-2)10-12(14)13(15)16/h11-12H,3-10H2,1-2H3,(H,15,16). The van der Waals surface area contributed by atoms with E-state index in [1.807, 2.05) is 11.8 Å². The van der Waals surface area contributed by atoms with E-state index >= 15 is 0 Å². The molecule has 0 radical (unpaired) electrons. The van der Waals surface area contributed by atoms with E-state index in [-0.39, 0.29) is 11.5 Å². The van der Waals surface area contributed by atoms with Crippen LogP contribution in [0.1, 0.15) is 39.5 Å². The topological polar surface area (TPSA) is 74.7 Å². The highest BCUT2D eigenvalue weighted by molar-refractivity contribution is 7.91. The molecule has 6 heteroatoms. The van der Waals surface area contributed by atoms with Crippen LogP contribution in [0.4, 0.5) is 0 Å². The second kappa shape index (κ2) is 7.24. The second-order valence-corrected chi connectivity index (χ2v) is 7.64. The fourth-order valence-electron chi connectivity index (χ4n) is 2.65. The Bertz CT molecular complexity index is 393. The van der Waals surface area contributed by atoms with Crippen LogP contribution in [-0.4, -0.2) is 55.0 Å². The van der Waals surface area contributed by atoms with Gasteiger partial charge in [-0.1, -0.05) is 20.3 Å². The number of carboxylic acid groups (broad SMARTS) is 1. The molecule has 1 N–H and O–H groups in total. The number of rotatable bonds is 7. The Morgan fingerprint density at radius 3 is 2.53 bits per heavy atom. The maximum atomic E-state index is 11.7. The van der Waals surface area contributed by atoms with Gasteiger partial charge in [0.05, 0.1) is 5.75 Å². The molecule has 2 unspecified atom stereocenters. The maximum absolute atomic E-state index is 11.7. The SMILES string of the molecule is CCCS(=O)(=O)CCN1CCC(CC)CC1C(=O)O. The predicted octanol–water partition coefficient (Wildman–Crippen LogP) is 1.39. The van der Waals surface area contributed by atoms with Gasteiger partial charge in [0.2, 0.25) is 0 Å². The lowest BCUT2D eigenvalue weighted by atomic mass is 9.89. The van der Waals surface area contributed by atoms with Crippen molar-refractivity contribution >= 4 is 15.8 Å². The van der Waals surface area contributed by atoms with E-state index in [0.717, 1.165) is 12.8 Å². The van der Waals surface area contributed by atoms with E-state index in [1.165, 1.54) is 0 Å². The van der Waals surface area contributed by atoms with Gasteiger partial charge in [0.15, 0.2) is 9.84 Å². The number of sulfone groups is 1. The Kier molecular flexibility index (Phi) is 6.26. The van der Waals surface area contributed by atoms with Crippen LogP contribution in [0.5, 0.6) is 0 Å². The highest BCUT2D eigenvalue weighted by atomic mass is 32.2. The van der Waals surface area contributed by atoms with E-state index in [1.54, 1.807) is 0 Å². The third-order valence-electron chi connectivity index (χ3n) is 3.89. The van der Waals surface area contributed by atoms with Crippen LogP contribution in [0, 0.1) is 5.92 Å². The molecule has 1 saturated heterocycles. The smallest absolute Gasteiger partial charge is 0.320 e. The van der Waals surface area contributed by atoms with Gasteiger partial charge in [0.1, 0.15) is 6.04 Å². The van der Waals surface area contributed by atoms with Crippen molar-refractivity contribution in [1.29, 1.82) is 0 Å². The van der Waals surface area contributed by atoms with Crippen LogP contribution in [0.2, 0.25) is 0 Å². The van der Waals surface area contributed by atoms with E-state index in [9.17, 15) is 18.3 Å². The molecular weight excluding hydrogens is 266 g/mol. The van der Waals surface area contributed by atoms with Gasteiger partial charge < -0.3 is 5.11 Å². The molecule has 0 spiro atoms. The Balaban J connectivity index is 2.59. The van der Waals surface area contributed by atoms with Crippen molar-refractivity contribution in [3.05, 3.63) is 0 Å². The first-order valence-electron chi connectivity index (χ1n) is 7.06. The van der Waals surface area contributed by atoms with Gasteiger partial charge in [-0.15, -0.1) is 0 Å². The molecule has 1 fully saturated rings. The van der Waals surface area contributed by atoms with Gasteiger partial charge in [-0.25, -0.2) is 8.42 Å². The number of likely N-dealkylation sites (tertiary alicyclic amines) is 1. The van der Waals surface area contributed by atoms with Crippen LogP contribution >= 0.6 is 0 Å². The molecule has 0 amide bonds. The monoisotopic (exact) mass is 291 g/mol. The fraction of sp³-hybridized carbons (Fsp3) is 0.923. The van der Waals surface area contributed by atoms with Crippen molar-refractivity contribution in [2.75, 3.05) is 24.6 Å². The lowest BCUT2D eigenvalue weighted by Gasteiger charge is -2.36. The molecular formula is C13H25NO4S. The summed E-state index contributed by atoms with van der Waals surface area (Å²) in [5.74, 6) is -0.118. The van der Waals surface area contributed by atoms with Crippen LogP contribution in [0.3, 0.4) is 0 Å². The molecule has 19 heavy (non-hydrogen) atoms. The summed E-state index contributed by atoms with van der Waals surface area (Å²) in [6.07, 6.45) is 3.21. The molecule has 1 heterocycles. The summed E-state index contributed by atoms with van der Waals surface area (Å²) in [6, 6.07) is -0.518. The molecule has 0 aliphatic carbocycles. The van der Waals surface area contributed by atoms with Crippen LogP contribution < -0.4 is 0 Å². The Labute approximate surface area is 115 Å². The molecule has 0 aromatic carbocycles. The third kappa shape index (κ3) is 5.10. The first-order valence-corrected chi connectivity index (χ1v) is 8.89. The highest BCUT2D eigenvalue weighted by Crippen LogP contribution is 2.25. The Hall–Kier alpha value is -0.620. The summed E-state index contributed by atoms with van der Waals surface area (Å²) in [6.45, 7) is 4.95. The van der Waals surface area contributed by atoms with Crippen LogP contribution in [0.15, 0.2) is 0 Å². The first kappa shape index (κ1) is 16.4. The van der Waals surface area contributed by atoms with E-state index in [2.05, 4.69) is 6.92 Å². The molecule has 112 valence electrons. The summed E-state index contributed by atoms with van der Waals surface area (Å²) >= 11 is 0. The quantitative estimate of drug-likeness (QED) is 0.767. The van der Waals surface area contributed by atoms with Gasteiger partial charge in [-0.3, -0.25) is 9.69 Å². The lowest BCUT2D eigenvalue weighted by molar-refractivity contribution is -0.145. The average molecular weight is 291 g/mol. The van der Waals surface area contributed by atoms with Gasteiger partial charge in [0, 0.05) is 12.3 Å². The zero-order chi connectivity index (χ0) is 14.5. The lowest BCUT2D eigenvalue weighted by Crippen LogP contribution is -2.48. The molecule has 5 nitrogen and oxygen atoms in total. The highest BCUT2D eigenvalue weighted by Gasteiger charge is 2.32. The normalized spacial score (nSPS) is 25.4.